The van der Waals surface area contributed by atoms with Crippen LogP contribution >= 0.6 is 22.7 Å². The van der Waals surface area contributed by atoms with Crippen molar-refractivity contribution in [1.29, 1.82) is 0 Å². The molecule has 1 fully saturated rings. The van der Waals surface area contributed by atoms with E-state index < -0.39 is 54.5 Å². The normalized spacial score (nSPS) is 23.3. The zero-order valence-corrected chi connectivity index (χ0v) is 21.4. The van der Waals surface area contributed by atoms with Crippen LogP contribution in [0.2, 0.25) is 0 Å². The molecule has 3 heterocycles. The average molecular weight is 541 g/mol. The number of nitrogens with zero attached hydrogens (tertiary/aromatic N) is 1. The Morgan fingerprint density at radius 1 is 0.917 bits per heavy atom. The largest absolute Gasteiger partial charge is 0.463 e. The summed E-state index contributed by atoms with van der Waals surface area (Å²) in [6.45, 7) is 4.26. The van der Waals surface area contributed by atoms with Gasteiger partial charge in [0.2, 0.25) is 5.78 Å². The third kappa shape index (κ3) is 7.08. The molecule has 194 valence electrons. The third-order valence-electron chi connectivity index (χ3n) is 4.73. The van der Waals surface area contributed by atoms with Crippen LogP contribution in [-0.4, -0.2) is 71.9 Å². The lowest BCUT2D eigenvalue weighted by Crippen LogP contribution is -2.64. The summed E-state index contributed by atoms with van der Waals surface area (Å²) < 4.78 is 27.1. The molecule has 1 N–H and O–H groups in total. The highest BCUT2D eigenvalue weighted by atomic mass is 32.1. The minimum absolute atomic E-state index is 0.211. The number of rotatable bonds is 9. The number of nitrogens with one attached hydrogen (secondary N) is 1. The molecule has 36 heavy (non-hydrogen) atoms. The molecule has 2 aromatic rings. The van der Waals surface area contributed by atoms with Gasteiger partial charge in [0.15, 0.2) is 29.7 Å². The fraction of sp³-hybridized carbons (Fsp3) is 0.455. The molecule has 14 heteroatoms. The van der Waals surface area contributed by atoms with E-state index in [1.54, 1.807) is 17.5 Å². The number of thiophene rings is 1. The van der Waals surface area contributed by atoms with Crippen molar-refractivity contribution >= 4 is 57.5 Å². The number of anilines is 1. The Morgan fingerprint density at radius 2 is 1.56 bits per heavy atom. The van der Waals surface area contributed by atoms with Crippen molar-refractivity contribution in [2.24, 2.45) is 0 Å². The number of thiazole rings is 1. The maximum Gasteiger partial charge on any atom is 0.303 e. The van der Waals surface area contributed by atoms with E-state index in [0.29, 0.717) is 9.75 Å². The quantitative estimate of drug-likeness (QED) is 0.280. The number of hydrogen-bond donors (Lipinski definition) is 1. The molecule has 1 saturated heterocycles. The lowest BCUT2D eigenvalue weighted by Gasteiger charge is -2.44. The van der Waals surface area contributed by atoms with Crippen molar-refractivity contribution in [3.05, 3.63) is 33.5 Å². The van der Waals surface area contributed by atoms with Crippen LogP contribution in [0.4, 0.5) is 5.13 Å². The van der Waals surface area contributed by atoms with E-state index in [9.17, 15) is 24.0 Å². The van der Waals surface area contributed by atoms with Crippen LogP contribution < -0.4 is 5.32 Å². The van der Waals surface area contributed by atoms with Gasteiger partial charge in [-0.2, -0.15) is 0 Å². The van der Waals surface area contributed by atoms with Gasteiger partial charge in [-0.25, -0.2) is 4.98 Å². The maximum atomic E-state index is 12.6. The molecule has 3 rings (SSSR count). The third-order valence-corrected chi connectivity index (χ3v) is 6.53. The van der Waals surface area contributed by atoms with Gasteiger partial charge in [-0.3, -0.25) is 24.0 Å². The summed E-state index contributed by atoms with van der Waals surface area (Å²) in [6.07, 6.45) is -4.75. The minimum Gasteiger partial charge on any atom is -0.463 e. The number of ether oxygens (including phenoxy) is 5. The Balaban J connectivity index is 1.92. The van der Waals surface area contributed by atoms with Crippen molar-refractivity contribution in [3.8, 4) is 0 Å². The summed E-state index contributed by atoms with van der Waals surface area (Å²) in [7, 11) is 0. The first-order valence-electron chi connectivity index (χ1n) is 10.7. The average Bonchev–Trinajstić information content (AvgIpc) is 3.47. The maximum absolute atomic E-state index is 12.6. The molecular formula is C22H24N2O10S2. The lowest BCUT2D eigenvalue weighted by atomic mass is 9.97. The van der Waals surface area contributed by atoms with Gasteiger partial charge in [0.25, 0.3) is 0 Å². The number of esters is 4. The van der Waals surface area contributed by atoms with Crippen LogP contribution in [0, 0.1) is 0 Å². The minimum atomic E-state index is -1.31. The first-order valence-corrected chi connectivity index (χ1v) is 12.4. The second-order valence-corrected chi connectivity index (χ2v) is 9.58. The zero-order valence-electron chi connectivity index (χ0n) is 19.7. The molecule has 0 aromatic carbocycles. The zero-order chi connectivity index (χ0) is 26.4. The standard InChI is InChI=1S/C22H24N2O10S2/c1-10(25)30-9-14-18(31-11(2)26)19(32-12(3)27)20(33-13(4)28)21(34-14)24-22-23-8-16(36-22)17(29)15-6-5-7-35-15/h5-8,14,18-21H,9H2,1-4H3,(H,23,24)/t14-,18-,19+,20+,21+/m1/s1. The van der Waals surface area contributed by atoms with Crippen molar-refractivity contribution in [3.63, 3.8) is 0 Å². The van der Waals surface area contributed by atoms with E-state index >= 15 is 0 Å². The summed E-state index contributed by atoms with van der Waals surface area (Å²) in [5, 5.41) is 4.97. The number of aromatic nitrogens is 1. The summed E-state index contributed by atoms with van der Waals surface area (Å²) in [5.74, 6) is -3.01. The Hall–Kier alpha value is -3.36. The Kier molecular flexibility index (Phi) is 9.12. The number of ketones is 1. The highest BCUT2D eigenvalue weighted by Crippen LogP contribution is 2.31. The first kappa shape index (κ1) is 27.2. The fourth-order valence-electron chi connectivity index (χ4n) is 3.44. The molecule has 0 spiro atoms. The van der Waals surface area contributed by atoms with Gasteiger partial charge in [-0.15, -0.1) is 11.3 Å². The summed E-state index contributed by atoms with van der Waals surface area (Å²) in [6, 6.07) is 3.45. The van der Waals surface area contributed by atoms with Crippen LogP contribution in [0.5, 0.6) is 0 Å². The molecule has 0 amide bonds. The molecule has 0 unspecified atom stereocenters. The van der Waals surface area contributed by atoms with Gasteiger partial charge >= 0.3 is 23.9 Å². The molecular weight excluding hydrogens is 516 g/mol. The second-order valence-electron chi connectivity index (χ2n) is 7.60. The number of hydrogen-bond acceptors (Lipinski definition) is 14. The van der Waals surface area contributed by atoms with E-state index in [-0.39, 0.29) is 17.5 Å². The van der Waals surface area contributed by atoms with E-state index in [1.165, 1.54) is 24.5 Å². The predicted molar refractivity (Wildman–Crippen MR) is 125 cm³/mol. The van der Waals surface area contributed by atoms with Crippen molar-refractivity contribution < 1.29 is 47.7 Å². The smallest absolute Gasteiger partial charge is 0.303 e. The topological polar surface area (TPSA) is 156 Å². The summed E-state index contributed by atoms with van der Waals surface area (Å²) >= 11 is 2.33. The summed E-state index contributed by atoms with van der Waals surface area (Å²) in [5.41, 5.74) is 0. The summed E-state index contributed by atoms with van der Waals surface area (Å²) in [4.78, 5) is 64.8. The Labute approximate surface area is 213 Å². The Morgan fingerprint density at radius 3 is 2.14 bits per heavy atom. The van der Waals surface area contributed by atoms with E-state index in [1.807, 2.05) is 0 Å². The Bertz CT molecular complexity index is 1120. The predicted octanol–water partition coefficient (Wildman–Crippen LogP) is 1.93. The van der Waals surface area contributed by atoms with Crippen LogP contribution in [0.25, 0.3) is 0 Å². The highest BCUT2D eigenvalue weighted by molar-refractivity contribution is 7.19. The van der Waals surface area contributed by atoms with E-state index in [4.69, 9.17) is 23.7 Å². The van der Waals surface area contributed by atoms with Crippen LogP contribution in [-0.2, 0) is 42.9 Å². The van der Waals surface area contributed by atoms with Crippen molar-refractivity contribution in [2.45, 2.75) is 58.3 Å². The van der Waals surface area contributed by atoms with E-state index in [0.717, 1.165) is 32.1 Å². The van der Waals surface area contributed by atoms with Crippen molar-refractivity contribution in [2.75, 3.05) is 11.9 Å². The van der Waals surface area contributed by atoms with Gasteiger partial charge in [-0.1, -0.05) is 17.4 Å². The van der Waals surface area contributed by atoms with Crippen LogP contribution in [0.15, 0.2) is 23.7 Å². The molecule has 1 aliphatic heterocycles. The molecule has 0 bridgehead atoms. The molecule has 12 nitrogen and oxygen atoms in total. The van der Waals surface area contributed by atoms with Gasteiger partial charge in [-0.05, 0) is 11.4 Å². The fourth-order valence-corrected chi connectivity index (χ4v) is 4.98. The van der Waals surface area contributed by atoms with Gasteiger partial charge in [0, 0.05) is 27.7 Å². The lowest BCUT2D eigenvalue weighted by molar-refractivity contribution is -0.247. The SMILES string of the molecule is CC(=O)OC[C@H]1O[C@H](Nc2ncc(C(=O)c3cccs3)s2)[C@@H](OC(C)=O)[C@@H](OC(C)=O)[C@@H]1OC(C)=O. The van der Waals surface area contributed by atoms with Gasteiger partial charge in [0.1, 0.15) is 12.7 Å². The molecule has 0 radical (unpaired) electrons. The van der Waals surface area contributed by atoms with E-state index in [2.05, 4.69) is 10.3 Å². The molecule has 0 saturated carbocycles. The molecule has 0 aliphatic carbocycles. The van der Waals surface area contributed by atoms with Gasteiger partial charge in [0.05, 0.1) is 16.0 Å². The first-order chi connectivity index (χ1) is 17.0. The van der Waals surface area contributed by atoms with Crippen LogP contribution in [0.1, 0.15) is 42.2 Å². The molecule has 5 atom stereocenters. The molecule has 1 aliphatic rings. The second kappa shape index (κ2) is 12.1. The number of carbonyl (C=O) groups excluding carboxylic acids is 5. The van der Waals surface area contributed by atoms with Crippen molar-refractivity contribution in [1.82, 2.24) is 4.98 Å². The monoisotopic (exact) mass is 540 g/mol. The number of carbonyl (C=O) groups is 5. The van der Waals surface area contributed by atoms with Crippen LogP contribution in [0.3, 0.4) is 0 Å². The van der Waals surface area contributed by atoms with Gasteiger partial charge < -0.3 is 29.0 Å². The molecule has 2 aromatic heterocycles. The highest BCUT2D eigenvalue weighted by Gasteiger charge is 2.52.